The number of halogens is 1. The van der Waals surface area contributed by atoms with E-state index in [4.69, 9.17) is 37.6 Å². The number of nitrogen functional groups attached to an aromatic ring is 2. The number of aliphatic hydroxyl groups excluding tert-OH is 1. The van der Waals surface area contributed by atoms with E-state index in [1.807, 2.05) is 0 Å². The fourth-order valence-corrected chi connectivity index (χ4v) is 1.58. The maximum atomic E-state index is 8.94. The molecule has 82 valence electrons. The van der Waals surface area contributed by atoms with E-state index in [-0.39, 0.29) is 18.9 Å². The van der Waals surface area contributed by atoms with E-state index >= 15 is 0 Å². The summed E-state index contributed by atoms with van der Waals surface area (Å²) in [5.74, 6) is 0.701. The second-order valence-corrected chi connectivity index (χ2v) is 3.66. The van der Waals surface area contributed by atoms with Gasteiger partial charge in [-0.2, -0.15) is 0 Å². The van der Waals surface area contributed by atoms with Gasteiger partial charge in [-0.15, -0.1) is 0 Å². The standard InChI is InChI=1S/C9H11ClN2O3/c10-5-1-6(11)8-9(7(5)12)15-4(2-13)3-14-8/h1,4,13H,2-3,11-12H2. The number of rotatable bonds is 1. The normalized spacial score (nSPS) is 18.9. The van der Waals surface area contributed by atoms with Gasteiger partial charge in [0.05, 0.1) is 23.0 Å². The average Bonchev–Trinajstić information content (AvgIpc) is 2.25. The van der Waals surface area contributed by atoms with Crippen molar-refractivity contribution in [3.8, 4) is 11.5 Å². The molecule has 0 radical (unpaired) electrons. The van der Waals surface area contributed by atoms with Crippen molar-refractivity contribution in [3.05, 3.63) is 11.1 Å². The molecule has 0 bridgehead atoms. The molecule has 0 aliphatic carbocycles. The smallest absolute Gasteiger partial charge is 0.188 e. The first kappa shape index (κ1) is 10.2. The lowest BCUT2D eigenvalue weighted by Gasteiger charge is -2.27. The van der Waals surface area contributed by atoms with Crippen molar-refractivity contribution in [1.29, 1.82) is 0 Å². The zero-order valence-corrected chi connectivity index (χ0v) is 8.62. The van der Waals surface area contributed by atoms with Crippen molar-refractivity contribution in [2.45, 2.75) is 6.10 Å². The Bertz CT molecular complexity index is 397. The Balaban J connectivity index is 2.48. The molecule has 2 rings (SSSR count). The number of anilines is 2. The molecule has 1 unspecified atom stereocenters. The molecule has 1 aromatic rings. The van der Waals surface area contributed by atoms with Crippen LogP contribution in [0.5, 0.6) is 11.5 Å². The SMILES string of the molecule is Nc1cc(Cl)c(N)c2c1OCC(CO)O2. The largest absolute Gasteiger partial charge is 0.484 e. The van der Waals surface area contributed by atoms with E-state index in [1.165, 1.54) is 6.07 Å². The molecular formula is C9H11ClN2O3. The van der Waals surface area contributed by atoms with Gasteiger partial charge in [0.25, 0.3) is 0 Å². The molecule has 0 saturated carbocycles. The van der Waals surface area contributed by atoms with Gasteiger partial charge in [-0.05, 0) is 6.07 Å². The van der Waals surface area contributed by atoms with Gasteiger partial charge < -0.3 is 26.0 Å². The van der Waals surface area contributed by atoms with Crippen molar-refractivity contribution in [2.75, 3.05) is 24.7 Å². The molecule has 5 N–H and O–H groups in total. The first-order valence-corrected chi connectivity index (χ1v) is 4.79. The minimum atomic E-state index is -0.433. The lowest BCUT2D eigenvalue weighted by molar-refractivity contribution is 0.0469. The van der Waals surface area contributed by atoms with Crippen LogP contribution in [0, 0.1) is 0 Å². The van der Waals surface area contributed by atoms with Gasteiger partial charge in [0.1, 0.15) is 6.61 Å². The lowest BCUT2D eigenvalue weighted by atomic mass is 10.2. The molecule has 1 aliphatic heterocycles. The third-order valence-corrected chi connectivity index (χ3v) is 2.47. The van der Waals surface area contributed by atoms with Crippen LogP contribution in [0.15, 0.2) is 6.07 Å². The van der Waals surface area contributed by atoms with Crippen LogP contribution in [-0.2, 0) is 0 Å². The van der Waals surface area contributed by atoms with Gasteiger partial charge in [0.2, 0.25) is 0 Å². The monoisotopic (exact) mass is 230 g/mol. The molecule has 0 amide bonds. The highest BCUT2D eigenvalue weighted by Gasteiger charge is 2.25. The van der Waals surface area contributed by atoms with Crippen LogP contribution in [-0.4, -0.2) is 24.4 Å². The Morgan fingerprint density at radius 2 is 2.20 bits per heavy atom. The number of hydrogen-bond acceptors (Lipinski definition) is 5. The van der Waals surface area contributed by atoms with E-state index in [1.54, 1.807) is 0 Å². The maximum Gasteiger partial charge on any atom is 0.188 e. The summed E-state index contributed by atoms with van der Waals surface area (Å²) in [5, 5.41) is 9.25. The van der Waals surface area contributed by atoms with Crippen LogP contribution in [0.25, 0.3) is 0 Å². The van der Waals surface area contributed by atoms with Crippen molar-refractivity contribution in [2.24, 2.45) is 0 Å². The molecular weight excluding hydrogens is 220 g/mol. The number of ether oxygens (including phenoxy) is 2. The number of fused-ring (bicyclic) bond motifs is 1. The molecule has 5 nitrogen and oxygen atoms in total. The number of hydrogen-bond donors (Lipinski definition) is 3. The summed E-state index contributed by atoms with van der Waals surface area (Å²) in [6, 6.07) is 1.51. The molecule has 0 aromatic heterocycles. The van der Waals surface area contributed by atoms with Gasteiger partial charge in [-0.3, -0.25) is 0 Å². The minimum absolute atomic E-state index is 0.148. The van der Waals surface area contributed by atoms with E-state index in [0.29, 0.717) is 22.2 Å². The Hall–Kier alpha value is -1.33. The topological polar surface area (TPSA) is 90.7 Å². The second kappa shape index (κ2) is 3.67. The number of aliphatic hydroxyl groups is 1. The Labute approximate surface area is 91.5 Å². The highest BCUT2D eigenvalue weighted by atomic mass is 35.5. The Morgan fingerprint density at radius 3 is 2.87 bits per heavy atom. The quantitative estimate of drug-likeness (QED) is 0.616. The van der Waals surface area contributed by atoms with Crippen LogP contribution < -0.4 is 20.9 Å². The molecule has 1 heterocycles. The van der Waals surface area contributed by atoms with Crippen LogP contribution in [0.2, 0.25) is 5.02 Å². The summed E-state index contributed by atoms with van der Waals surface area (Å²) >= 11 is 5.84. The fourth-order valence-electron chi connectivity index (χ4n) is 1.37. The van der Waals surface area contributed by atoms with Crippen molar-refractivity contribution >= 4 is 23.0 Å². The van der Waals surface area contributed by atoms with Crippen LogP contribution in [0.1, 0.15) is 0 Å². The van der Waals surface area contributed by atoms with Gasteiger partial charge in [0, 0.05) is 0 Å². The van der Waals surface area contributed by atoms with Gasteiger partial charge in [0.15, 0.2) is 17.6 Å². The summed E-state index contributed by atoms with van der Waals surface area (Å²) in [7, 11) is 0. The minimum Gasteiger partial charge on any atom is -0.484 e. The third kappa shape index (κ3) is 1.64. The first-order valence-electron chi connectivity index (χ1n) is 4.41. The van der Waals surface area contributed by atoms with Crippen LogP contribution in [0.3, 0.4) is 0 Å². The molecule has 6 heteroatoms. The Morgan fingerprint density at radius 1 is 1.47 bits per heavy atom. The number of benzene rings is 1. The van der Waals surface area contributed by atoms with E-state index in [2.05, 4.69) is 0 Å². The average molecular weight is 231 g/mol. The maximum absolute atomic E-state index is 8.94. The lowest BCUT2D eigenvalue weighted by Crippen LogP contribution is -2.33. The summed E-state index contributed by atoms with van der Waals surface area (Å²) in [6.45, 7) is 0.0973. The summed E-state index contributed by atoms with van der Waals surface area (Å²) < 4.78 is 10.8. The zero-order valence-electron chi connectivity index (χ0n) is 7.87. The van der Waals surface area contributed by atoms with Crippen molar-refractivity contribution in [3.63, 3.8) is 0 Å². The van der Waals surface area contributed by atoms with Gasteiger partial charge >= 0.3 is 0 Å². The van der Waals surface area contributed by atoms with Crippen molar-refractivity contribution in [1.82, 2.24) is 0 Å². The molecule has 1 aromatic carbocycles. The molecule has 15 heavy (non-hydrogen) atoms. The molecule has 1 atom stereocenters. The van der Waals surface area contributed by atoms with E-state index in [0.717, 1.165) is 0 Å². The molecule has 1 aliphatic rings. The molecule has 0 saturated heterocycles. The Kier molecular flexibility index (Phi) is 2.50. The summed E-state index contributed by atoms with van der Waals surface area (Å²) in [5.41, 5.74) is 12.1. The van der Waals surface area contributed by atoms with Crippen molar-refractivity contribution < 1.29 is 14.6 Å². The molecule has 0 spiro atoms. The first-order chi connectivity index (χ1) is 7.13. The van der Waals surface area contributed by atoms with Crippen LogP contribution >= 0.6 is 11.6 Å². The van der Waals surface area contributed by atoms with E-state index in [9.17, 15) is 0 Å². The predicted molar refractivity (Wildman–Crippen MR) is 57.3 cm³/mol. The van der Waals surface area contributed by atoms with Gasteiger partial charge in [-0.1, -0.05) is 11.6 Å². The predicted octanol–water partition coefficient (Wildman–Crippen LogP) is 0.637. The highest BCUT2D eigenvalue weighted by molar-refractivity contribution is 6.34. The number of nitrogens with two attached hydrogens (primary N) is 2. The zero-order chi connectivity index (χ0) is 11.0. The second-order valence-electron chi connectivity index (χ2n) is 3.25. The fraction of sp³-hybridized carbons (Fsp3) is 0.333. The summed E-state index contributed by atoms with van der Waals surface area (Å²) in [4.78, 5) is 0. The molecule has 0 fully saturated rings. The van der Waals surface area contributed by atoms with Crippen LogP contribution in [0.4, 0.5) is 11.4 Å². The van der Waals surface area contributed by atoms with E-state index < -0.39 is 6.10 Å². The van der Waals surface area contributed by atoms with Gasteiger partial charge in [-0.25, -0.2) is 0 Å². The third-order valence-electron chi connectivity index (χ3n) is 2.15. The summed E-state index contributed by atoms with van der Waals surface area (Å²) in [6.07, 6.45) is -0.433. The highest BCUT2D eigenvalue weighted by Crippen LogP contribution is 2.45.